The fraction of sp³-hybridized carbons (Fsp3) is 0.429. The van der Waals surface area contributed by atoms with Crippen LogP contribution in [0.4, 0.5) is 0 Å². The minimum atomic E-state index is 0. The maximum atomic E-state index is 5.63. The van der Waals surface area contributed by atoms with E-state index in [1.54, 1.807) is 6.20 Å². The molecule has 0 radical (unpaired) electrons. The van der Waals surface area contributed by atoms with E-state index in [9.17, 15) is 0 Å². The lowest BCUT2D eigenvalue weighted by molar-refractivity contribution is 0.259. The van der Waals surface area contributed by atoms with Gasteiger partial charge in [0.15, 0.2) is 0 Å². The normalized spacial score (nSPS) is 18.0. The second-order valence-corrected chi connectivity index (χ2v) is 2.39. The van der Waals surface area contributed by atoms with Gasteiger partial charge in [-0.1, -0.05) is 6.58 Å². The van der Waals surface area contributed by atoms with Crippen molar-refractivity contribution in [1.29, 1.82) is 0 Å². The first-order valence-electron chi connectivity index (χ1n) is 3.32. The molecule has 1 atom stereocenters. The van der Waals surface area contributed by atoms with Crippen LogP contribution < -0.4 is 5.73 Å². The summed E-state index contributed by atoms with van der Waals surface area (Å²) in [4.78, 5) is 4.00. The SMILES string of the molecule is Br.C=CN1C=CN(C(C)N)C1. The molecule has 3 nitrogen and oxygen atoms in total. The van der Waals surface area contributed by atoms with Gasteiger partial charge in [-0.3, -0.25) is 0 Å². The van der Waals surface area contributed by atoms with E-state index in [0.717, 1.165) is 6.67 Å². The van der Waals surface area contributed by atoms with Crippen LogP contribution in [0.1, 0.15) is 6.92 Å². The van der Waals surface area contributed by atoms with Crippen molar-refractivity contribution in [2.75, 3.05) is 6.67 Å². The smallest absolute Gasteiger partial charge is 0.0950 e. The zero-order valence-electron chi connectivity index (χ0n) is 6.60. The monoisotopic (exact) mass is 219 g/mol. The zero-order chi connectivity index (χ0) is 7.56. The van der Waals surface area contributed by atoms with Crippen LogP contribution in [-0.4, -0.2) is 22.6 Å². The highest BCUT2D eigenvalue weighted by molar-refractivity contribution is 8.93. The van der Waals surface area contributed by atoms with Crippen LogP contribution in [0.5, 0.6) is 0 Å². The lowest BCUT2D eigenvalue weighted by atomic mass is 10.5. The maximum Gasteiger partial charge on any atom is 0.0950 e. The molecule has 2 N–H and O–H groups in total. The van der Waals surface area contributed by atoms with Gasteiger partial charge >= 0.3 is 0 Å². The van der Waals surface area contributed by atoms with E-state index in [0.29, 0.717) is 0 Å². The van der Waals surface area contributed by atoms with E-state index in [1.807, 2.05) is 29.1 Å². The molecular weight excluding hydrogens is 206 g/mol. The second kappa shape index (κ2) is 4.41. The van der Waals surface area contributed by atoms with Crippen molar-refractivity contribution in [2.24, 2.45) is 5.73 Å². The molecule has 0 aliphatic carbocycles. The van der Waals surface area contributed by atoms with Gasteiger partial charge in [0.25, 0.3) is 0 Å². The van der Waals surface area contributed by atoms with Crippen LogP contribution in [0.2, 0.25) is 0 Å². The molecule has 0 spiro atoms. The zero-order valence-corrected chi connectivity index (χ0v) is 8.32. The molecule has 0 aromatic heterocycles. The van der Waals surface area contributed by atoms with Crippen LogP contribution in [0, 0.1) is 0 Å². The molecule has 0 aromatic carbocycles. The van der Waals surface area contributed by atoms with E-state index in [-0.39, 0.29) is 23.1 Å². The van der Waals surface area contributed by atoms with Gasteiger partial charge in [-0.25, -0.2) is 0 Å². The third-order valence-corrected chi connectivity index (χ3v) is 1.53. The summed E-state index contributed by atoms with van der Waals surface area (Å²) in [5.41, 5.74) is 5.63. The molecule has 4 heteroatoms. The summed E-state index contributed by atoms with van der Waals surface area (Å²) in [5.74, 6) is 0. The van der Waals surface area contributed by atoms with Gasteiger partial charge in [0, 0.05) is 12.4 Å². The van der Waals surface area contributed by atoms with E-state index in [4.69, 9.17) is 5.73 Å². The Morgan fingerprint density at radius 2 is 2.27 bits per heavy atom. The van der Waals surface area contributed by atoms with Crippen LogP contribution in [-0.2, 0) is 0 Å². The van der Waals surface area contributed by atoms with Crippen molar-refractivity contribution in [2.45, 2.75) is 13.1 Å². The number of hydrogen-bond acceptors (Lipinski definition) is 3. The van der Waals surface area contributed by atoms with Crippen LogP contribution in [0.3, 0.4) is 0 Å². The molecule has 0 fully saturated rings. The van der Waals surface area contributed by atoms with Crippen molar-refractivity contribution in [1.82, 2.24) is 9.80 Å². The van der Waals surface area contributed by atoms with Gasteiger partial charge in [-0.15, -0.1) is 17.0 Å². The van der Waals surface area contributed by atoms with E-state index in [1.165, 1.54) is 0 Å². The molecule has 64 valence electrons. The van der Waals surface area contributed by atoms with Crippen LogP contribution >= 0.6 is 17.0 Å². The summed E-state index contributed by atoms with van der Waals surface area (Å²) in [6.45, 7) is 6.42. The summed E-state index contributed by atoms with van der Waals surface area (Å²) in [6.07, 6.45) is 5.78. The first-order chi connectivity index (χ1) is 4.74. The molecule has 1 rings (SSSR count). The molecule has 11 heavy (non-hydrogen) atoms. The minimum absolute atomic E-state index is 0. The molecule has 0 bridgehead atoms. The standard InChI is InChI=1S/C7H13N3.BrH/c1-3-9-4-5-10(6-9)7(2)8;/h3-5,7H,1,6,8H2,2H3;1H. The first-order valence-corrected chi connectivity index (χ1v) is 3.32. The quantitative estimate of drug-likeness (QED) is 0.755. The Morgan fingerprint density at radius 3 is 2.55 bits per heavy atom. The maximum absolute atomic E-state index is 5.63. The summed E-state index contributed by atoms with van der Waals surface area (Å²) in [7, 11) is 0. The van der Waals surface area contributed by atoms with Gasteiger partial charge < -0.3 is 15.5 Å². The number of hydrogen-bond donors (Lipinski definition) is 1. The average molecular weight is 220 g/mol. The van der Waals surface area contributed by atoms with Crippen molar-refractivity contribution in [3.05, 3.63) is 25.2 Å². The van der Waals surface area contributed by atoms with Crippen molar-refractivity contribution >= 4 is 17.0 Å². The Hall–Kier alpha value is -0.480. The molecule has 0 aromatic rings. The van der Waals surface area contributed by atoms with Crippen molar-refractivity contribution in [3.63, 3.8) is 0 Å². The fourth-order valence-corrected chi connectivity index (χ4v) is 0.837. The Labute approximate surface area is 77.9 Å². The predicted molar refractivity (Wildman–Crippen MR) is 51.9 cm³/mol. The molecule has 1 aliphatic rings. The Balaban J connectivity index is 0.000001000. The van der Waals surface area contributed by atoms with E-state index in [2.05, 4.69) is 6.58 Å². The van der Waals surface area contributed by atoms with Crippen LogP contribution in [0.15, 0.2) is 25.2 Å². The highest BCUT2D eigenvalue weighted by Crippen LogP contribution is 2.06. The highest BCUT2D eigenvalue weighted by atomic mass is 79.9. The average Bonchev–Trinajstić information content (AvgIpc) is 2.34. The van der Waals surface area contributed by atoms with Gasteiger partial charge in [0.05, 0.1) is 12.8 Å². The first kappa shape index (κ1) is 10.5. The summed E-state index contributed by atoms with van der Waals surface area (Å²) in [5, 5.41) is 0. The van der Waals surface area contributed by atoms with Crippen LogP contribution in [0.25, 0.3) is 0 Å². The number of halogens is 1. The molecule has 0 saturated carbocycles. The third kappa shape index (κ3) is 2.55. The van der Waals surface area contributed by atoms with Gasteiger partial charge in [-0.2, -0.15) is 0 Å². The van der Waals surface area contributed by atoms with Gasteiger partial charge in [0.2, 0.25) is 0 Å². The van der Waals surface area contributed by atoms with Crippen molar-refractivity contribution < 1.29 is 0 Å². The number of rotatable bonds is 2. The Morgan fingerprint density at radius 1 is 1.64 bits per heavy atom. The summed E-state index contributed by atoms with van der Waals surface area (Å²) in [6, 6.07) is 0. The number of nitrogens with zero attached hydrogens (tertiary/aromatic N) is 2. The molecule has 0 saturated heterocycles. The largest absolute Gasteiger partial charge is 0.343 e. The molecule has 0 amide bonds. The third-order valence-electron chi connectivity index (χ3n) is 1.53. The lowest BCUT2D eigenvalue weighted by Crippen LogP contribution is -2.36. The molecule has 1 unspecified atom stereocenters. The number of nitrogens with two attached hydrogens (primary N) is 1. The summed E-state index contributed by atoms with van der Waals surface area (Å²) >= 11 is 0. The predicted octanol–water partition coefficient (Wildman–Crippen LogP) is 1.06. The molecule has 1 aliphatic heterocycles. The van der Waals surface area contributed by atoms with E-state index < -0.39 is 0 Å². The van der Waals surface area contributed by atoms with Gasteiger partial charge in [-0.05, 0) is 13.1 Å². The molecular formula is C7H14BrN3. The lowest BCUT2D eigenvalue weighted by Gasteiger charge is -2.21. The highest BCUT2D eigenvalue weighted by Gasteiger charge is 2.11. The Kier molecular flexibility index (Phi) is 4.22. The van der Waals surface area contributed by atoms with E-state index >= 15 is 0 Å². The van der Waals surface area contributed by atoms with Gasteiger partial charge in [0.1, 0.15) is 0 Å². The Bertz CT molecular complexity index is 156. The molecule has 1 heterocycles. The topological polar surface area (TPSA) is 32.5 Å². The van der Waals surface area contributed by atoms with Crippen molar-refractivity contribution in [3.8, 4) is 0 Å². The fourth-order valence-electron chi connectivity index (χ4n) is 0.837. The second-order valence-electron chi connectivity index (χ2n) is 2.39. The summed E-state index contributed by atoms with van der Waals surface area (Å²) < 4.78 is 0. The minimum Gasteiger partial charge on any atom is -0.343 e.